The quantitative estimate of drug-likeness (QED) is 0.876. The Kier molecular flexibility index (Phi) is 5.16. The van der Waals surface area contributed by atoms with Gasteiger partial charge in [-0.05, 0) is 44.9 Å². The number of benzene rings is 1. The van der Waals surface area contributed by atoms with Crippen LogP contribution in [-0.2, 0) is 9.59 Å². The minimum absolute atomic E-state index is 0.0229. The maximum absolute atomic E-state index is 12.7. The van der Waals surface area contributed by atoms with Gasteiger partial charge in [0.05, 0.1) is 19.6 Å². The Hall–Kier alpha value is -2.56. The molecule has 1 heterocycles. The maximum Gasteiger partial charge on any atom is 0.161 e. The molecule has 5 heteroatoms. The lowest BCUT2D eigenvalue weighted by atomic mass is 9.70. The first kappa shape index (κ1) is 18.2. The molecular weight excluding hydrogens is 330 g/mol. The Bertz CT molecular complexity index is 806. The fraction of sp³-hybridized carbons (Fsp3) is 0.429. The molecule has 1 N–H and O–H groups in total. The number of allylic oxidation sites excluding steroid dienone is 4. The molecule has 2 unspecified atom stereocenters. The lowest BCUT2D eigenvalue weighted by Gasteiger charge is -2.38. The number of methoxy groups -OCH3 is 1. The van der Waals surface area contributed by atoms with E-state index in [0.29, 0.717) is 30.1 Å². The lowest BCUT2D eigenvalue weighted by molar-refractivity contribution is -0.123. The van der Waals surface area contributed by atoms with Crippen LogP contribution in [0.1, 0.15) is 45.1 Å². The van der Waals surface area contributed by atoms with Crippen LogP contribution in [0.15, 0.2) is 41.2 Å². The minimum atomic E-state index is -0.353. The third-order valence-electron chi connectivity index (χ3n) is 5.04. The minimum Gasteiger partial charge on any atom is -0.493 e. The Morgan fingerprint density at radius 3 is 2.69 bits per heavy atom. The number of nitrogens with one attached hydrogen (secondary N) is 1. The van der Waals surface area contributed by atoms with Crippen LogP contribution in [0.25, 0.3) is 0 Å². The average Bonchev–Trinajstić information content (AvgIpc) is 2.61. The van der Waals surface area contributed by atoms with Gasteiger partial charge in [0.1, 0.15) is 5.78 Å². The van der Waals surface area contributed by atoms with Gasteiger partial charge in [-0.25, -0.2) is 0 Å². The molecule has 0 amide bonds. The van der Waals surface area contributed by atoms with Crippen molar-refractivity contribution in [2.24, 2.45) is 5.92 Å². The average molecular weight is 355 g/mol. The van der Waals surface area contributed by atoms with Crippen LogP contribution in [0.5, 0.6) is 11.5 Å². The second-order valence-corrected chi connectivity index (χ2v) is 6.68. The summed E-state index contributed by atoms with van der Waals surface area (Å²) < 4.78 is 11.1. The summed E-state index contributed by atoms with van der Waals surface area (Å²) in [6.07, 6.45) is 3.32. The first-order valence-corrected chi connectivity index (χ1v) is 9.00. The highest BCUT2D eigenvalue weighted by Gasteiger charge is 2.41. The van der Waals surface area contributed by atoms with E-state index in [0.717, 1.165) is 23.4 Å². The van der Waals surface area contributed by atoms with E-state index in [1.165, 1.54) is 0 Å². The summed E-state index contributed by atoms with van der Waals surface area (Å²) in [6, 6.07) is 5.67. The van der Waals surface area contributed by atoms with Crippen LogP contribution in [0.4, 0.5) is 0 Å². The lowest BCUT2D eigenvalue weighted by Crippen LogP contribution is -2.40. The normalized spacial score (nSPS) is 22.3. The van der Waals surface area contributed by atoms with Gasteiger partial charge < -0.3 is 14.8 Å². The summed E-state index contributed by atoms with van der Waals surface area (Å²) in [5.74, 6) is 0.747. The predicted octanol–water partition coefficient (Wildman–Crippen LogP) is 3.51. The van der Waals surface area contributed by atoms with Crippen molar-refractivity contribution in [3.63, 3.8) is 0 Å². The fourth-order valence-corrected chi connectivity index (χ4v) is 4.00. The van der Waals surface area contributed by atoms with Crippen molar-refractivity contribution in [3.8, 4) is 11.5 Å². The van der Waals surface area contributed by atoms with Crippen molar-refractivity contribution in [2.75, 3.05) is 13.7 Å². The summed E-state index contributed by atoms with van der Waals surface area (Å²) in [5.41, 5.74) is 3.27. The summed E-state index contributed by atoms with van der Waals surface area (Å²) in [5, 5.41) is 3.28. The molecule has 0 fully saturated rings. The largest absolute Gasteiger partial charge is 0.493 e. The second-order valence-electron chi connectivity index (χ2n) is 6.68. The Balaban J connectivity index is 2.16. The molecule has 26 heavy (non-hydrogen) atoms. The van der Waals surface area contributed by atoms with Gasteiger partial charge in [0, 0.05) is 29.3 Å². The Morgan fingerprint density at radius 2 is 2.04 bits per heavy atom. The first-order valence-electron chi connectivity index (χ1n) is 9.00. The van der Waals surface area contributed by atoms with E-state index in [-0.39, 0.29) is 23.4 Å². The van der Waals surface area contributed by atoms with E-state index in [1.54, 1.807) is 14.0 Å². The third-order valence-corrected chi connectivity index (χ3v) is 5.04. The topological polar surface area (TPSA) is 64.6 Å². The number of carbonyl (C=O) groups is 2. The van der Waals surface area contributed by atoms with Crippen molar-refractivity contribution in [1.82, 2.24) is 5.32 Å². The molecular formula is C21H25NO4. The highest BCUT2D eigenvalue weighted by Crippen LogP contribution is 2.45. The third kappa shape index (κ3) is 3.14. The van der Waals surface area contributed by atoms with Gasteiger partial charge in [0.2, 0.25) is 0 Å². The van der Waals surface area contributed by atoms with Crippen molar-refractivity contribution < 1.29 is 19.1 Å². The Labute approximate surface area is 154 Å². The molecule has 138 valence electrons. The molecule has 2 atom stereocenters. The van der Waals surface area contributed by atoms with Gasteiger partial charge in [-0.1, -0.05) is 12.1 Å². The van der Waals surface area contributed by atoms with Crippen LogP contribution in [0.2, 0.25) is 0 Å². The molecule has 0 aromatic heterocycles. The smallest absolute Gasteiger partial charge is 0.161 e. The van der Waals surface area contributed by atoms with Crippen LogP contribution in [-0.4, -0.2) is 25.3 Å². The first-order chi connectivity index (χ1) is 12.5. The molecule has 0 spiro atoms. The SMILES string of the molecule is CCOc1ccc(C2C(C(C)=O)=C(C)NC3=CCCC(=O)C32)cc1OC. The number of ketones is 2. The summed E-state index contributed by atoms with van der Waals surface area (Å²) in [7, 11) is 1.59. The number of hydrogen-bond donors (Lipinski definition) is 1. The van der Waals surface area contributed by atoms with E-state index >= 15 is 0 Å². The molecule has 1 aliphatic carbocycles. The van der Waals surface area contributed by atoms with E-state index in [4.69, 9.17) is 9.47 Å². The molecule has 1 aliphatic heterocycles. The van der Waals surface area contributed by atoms with Crippen LogP contribution in [0.3, 0.4) is 0 Å². The number of ether oxygens (including phenoxy) is 2. The van der Waals surface area contributed by atoms with Crippen LogP contribution >= 0.6 is 0 Å². The van der Waals surface area contributed by atoms with E-state index in [9.17, 15) is 9.59 Å². The maximum atomic E-state index is 12.7. The van der Waals surface area contributed by atoms with Gasteiger partial charge >= 0.3 is 0 Å². The van der Waals surface area contributed by atoms with Gasteiger partial charge in [0.25, 0.3) is 0 Å². The monoisotopic (exact) mass is 355 g/mol. The fourth-order valence-electron chi connectivity index (χ4n) is 4.00. The highest BCUT2D eigenvalue weighted by molar-refractivity contribution is 5.99. The van der Waals surface area contributed by atoms with E-state index in [1.807, 2.05) is 32.0 Å². The van der Waals surface area contributed by atoms with Gasteiger partial charge in [0.15, 0.2) is 17.3 Å². The number of carbonyl (C=O) groups excluding carboxylic acids is 2. The summed E-state index contributed by atoms with van der Waals surface area (Å²) >= 11 is 0. The number of fused-ring (bicyclic) bond motifs is 1. The van der Waals surface area contributed by atoms with Gasteiger partial charge in [-0.15, -0.1) is 0 Å². The standard InChI is InChI=1S/C21H25NO4/c1-5-26-17-10-9-14(11-18(17)25-4)20-19(13(3)23)12(2)22-15-7-6-8-16(24)21(15)20/h7,9-11,20-22H,5-6,8H2,1-4H3. The van der Waals surface area contributed by atoms with Crippen molar-refractivity contribution in [3.05, 3.63) is 46.8 Å². The molecule has 1 aromatic rings. The highest BCUT2D eigenvalue weighted by atomic mass is 16.5. The molecule has 5 nitrogen and oxygen atoms in total. The second kappa shape index (κ2) is 7.36. The summed E-state index contributed by atoms with van der Waals surface area (Å²) in [4.78, 5) is 25.2. The van der Waals surface area contributed by atoms with E-state index < -0.39 is 0 Å². The molecule has 3 rings (SSSR count). The zero-order valence-corrected chi connectivity index (χ0v) is 15.7. The Morgan fingerprint density at radius 1 is 1.27 bits per heavy atom. The molecule has 0 saturated heterocycles. The van der Waals surface area contributed by atoms with Crippen molar-refractivity contribution in [2.45, 2.75) is 39.5 Å². The molecule has 1 aromatic carbocycles. The molecule has 2 aliphatic rings. The van der Waals surface area contributed by atoms with Crippen LogP contribution in [0, 0.1) is 5.92 Å². The zero-order valence-electron chi connectivity index (χ0n) is 15.7. The van der Waals surface area contributed by atoms with Gasteiger partial charge in [-0.3, -0.25) is 9.59 Å². The number of rotatable bonds is 5. The number of Topliss-reactive ketones (excluding diaryl/α,β-unsaturated/α-hetero) is 2. The number of hydrogen-bond acceptors (Lipinski definition) is 5. The zero-order chi connectivity index (χ0) is 18.8. The molecule has 0 radical (unpaired) electrons. The summed E-state index contributed by atoms with van der Waals surface area (Å²) in [6.45, 7) is 5.90. The molecule has 0 saturated carbocycles. The van der Waals surface area contributed by atoms with E-state index in [2.05, 4.69) is 11.4 Å². The molecule has 0 bridgehead atoms. The van der Waals surface area contributed by atoms with Gasteiger partial charge in [-0.2, -0.15) is 0 Å². The van der Waals surface area contributed by atoms with Crippen LogP contribution < -0.4 is 14.8 Å². The van der Waals surface area contributed by atoms with Crippen molar-refractivity contribution >= 4 is 11.6 Å². The van der Waals surface area contributed by atoms with Crippen molar-refractivity contribution in [1.29, 1.82) is 0 Å². The predicted molar refractivity (Wildman–Crippen MR) is 99.2 cm³/mol.